The van der Waals surface area contributed by atoms with Gasteiger partial charge in [-0.15, -0.1) is 23.5 Å². The van der Waals surface area contributed by atoms with Gasteiger partial charge >= 0.3 is 18.2 Å². The number of halogens is 2. The molecule has 0 saturated heterocycles. The van der Waals surface area contributed by atoms with Gasteiger partial charge in [-0.3, -0.25) is 14.5 Å². The number of ether oxygens (including phenoxy) is 2. The van der Waals surface area contributed by atoms with E-state index in [2.05, 4.69) is 20.0 Å². The summed E-state index contributed by atoms with van der Waals surface area (Å²) in [5.74, 6) is 0.289. The molecule has 1 aliphatic rings. The van der Waals surface area contributed by atoms with Gasteiger partial charge in [-0.25, -0.2) is 18.2 Å². The topological polar surface area (TPSA) is 143 Å². The summed E-state index contributed by atoms with van der Waals surface area (Å²) in [7, 11) is 2.88. The average Bonchev–Trinajstić information content (AvgIpc) is 3.62. The fourth-order valence-corrected chi connectivity index (χ4v) is 5.01. The van der Waals surface area contributed by atoms with Crippen molar-refractivity contribution in [3.05, 3.63) is 70.7 Å². The van der Waals surface area contributed by atoms with Gasteiger partial charge in [-0.05, 0) is 68.0 Å². The normalized spacial score (nSPS) is 16.8. The molecular weight excluding hydrogens is 733 g/mol. The molecule has 0 aliphatic heterocycles. The largest absolute Gasteiger partial charge is 0.457 e. The van der Waals surface area contributed by atoms with E-state index < -0.39 is 24.3 Å². The molecule has 0 bridgehead atoms. The maximum atomic E-state index is 12.6. The molecule has 0 radical (unpaired) electrons. The number of carbonyl (C=O) groups excluding carboxylic acids is 3. The van der Waals surface area contributed by atoms with Gasteiger partial charge in [0.05, 0.1) is 18.1 Å². The second-order valence-electron chi connectivity index (χ2n) is 10.6. The van der Waals surface area contributed by atoms with E-state index in [0.717, 1.165) is 20.7 Å². The highest BCUT2D eigenvalue weighted by Crippen LogP contribution is 2.60. The van der Waals surface area contributed by atoms with E-state index in [9.17, 15) is 19.6 Å². The number of nitriles is 1. The van der Waals surface area contributed by atoms with Crippen LogP contribution in [-0.4, -0.2) is 63.5 Å². The average molecular weight is 771 g/mol. The van der Waals surface area contributed by atoms with Crippen LogP contribution >= 0.6 is 58.9 Å². The molecule has 17 heteroatoms. The first-order chi connectivity index (χ1) is 23.1. The van der Waals surface area contributed by atoms with Gasteiger partial charge in [0, 0.05) is 19.7 Å². The van der Waals surface area contributed by atoms with Crippen molar-refractivity contribution in [2.45, 2.75) is 33.8 Å². The third-order valence-corrected chi connectivity index (χ3v) is 9.19. The number of rotatable bonds is 10. The van der Waals surface area contributed by atoms with Crippen molar-refractivity contribution in [3.8, 4) is 17.6 Å². The molecule has 0 N–H and O–H groups in total. The van der Waals surface area contributed by atoms with Gasteiger partial charge in [0.2, 0.25) is 6.10 Å². The SMILES string of the molecule is CC1(C)[C@H](C(=O)OC(C#N)c2cccc(Oc3ccccc3)c2)[C@@H]1C=C(Cl)Cl.CS/C(C)=N\OC(=O)N(C)SN(C)C(=O)O/N=C(/C)SC. The summed E-state index contributed by atoms with van der Waals surface area (Å²) >= 11 is 15.0. The Hall–Kier alpha value is -3.55. The Morgan fingerprint density at radius 3 is 1.94 bits per heavy atom. The van der Waals surface area contributed by atoms with Crippen LogP contribution in [0.15, 0.2) is 75.5 Å². The smallest absolute Gasteiger partial charge is 0.447 e. The minimum atomic E-state index is -1.03. The van der Waals surface area contributed by atoms with Gasteiger partial charge in [-0.2, -0.15) is 5.26 Å². The number of allylic oxidation sites excluding steroid dienone is 1. The summed E-state index contributed by atoms with van der Waals surface area (Å²) in [4.78, 5) is 45.1. The molecule has 0 spiro atoms. The lowest BCUT2D eigenvalue weighted by Gasteiger charge is -2.19. The second kappa shape index (κ2) is 20.2. The summed E-state index contributed by atoms with van der Waals surface area (Å²) in [5, 5.41) is 18.0. The van der Waals surface area contributed by atoms with Crippen LogP contribution in [0.5, 0.6) is 11.5 Å². The molecule has 1 aliphatic carbocycles. The molecule has 264 valence electrons. The monoisotopic (exact) mass is 769 g/mol. The quantitative estimate of drug-likeness (QED) is 0.0570. The van der Waals surface area contributed by atoms with Gasteiger partial charge in [0.1, 0.15) is 32.1 Å². The van der Waals surface area contributed by atoms with Crippen LogP contribution < -0.4 is 4.74 Å². The number of esters is 1. The number of hydrogen-bond donors (Lipinski definition) is 0. The summed E-state index contributed by atoms with van der Waals surface area (Å²) in [6.45, 7) is 7.29. The van der Waals surface area contributed by atoms with Crippen molar-refractivity contribution in [2.75, 3.05) is 26.6 Å². The number of amides is 2. The lowest BCUT2D eigenvalue weighted by atomic mass is 10.1. The number of nitrogens with zero attached hydrogens (tertiary/aromatic N) is 5. The van der Waals surface area contributed by atoms with E-state index in [1.807, 2.05) is 62.8 Å². The van der Waals surface area contributed by atoms with Crippen molar-refractivity contribution in [3.63, 3.8) is 0 Å². The van der Waals surface area contributed by atoms with E-state index in [4.69, 9.17) is 32.7 Å². The van der Waals surface area contributed by atoms with Crippen LogP contribution in [-0.2, 0) is 19.2 Å². The van der Waals surface area contributed by atoms with Crippen LogP contribution in [0.25, 0.3) is 0 Å². The lowest BCUT2D eigenvalue weighted by Crippen LogP contribution is -2.28. The van der Waals surface area contributed by atoms with E-state index in [1.165, 1.54) is 37.6 Å². The Kier molecular flexibility index (Phi) is 17.2. The van der Waals surface area contributed by atoms with Gasteiger partial charge in [0.15, 0.2) is 0 Å². The van der Waals surface area contributed by atoms with E-state index in [0.29, 0.717) is 27.1 Å². The third kappa shape index (κ3) is 13.7. The van der Waals surface area contributed by atoms with Crippen LogP contribution in [0.4, 0.5) is 9.59 Å². The molecule has 1 saturated carbocycles. The Morgan fingerprint density at radius 2 is 1.45 bits per heavy atom. The molecule has 3 atom stereocenters. The van der Waals surface area contributed by atoms with Crippen molar-refractivity contribution < 1.29 is 33.5 Å². The van der Waals surface area contributed by atoms with Crippen molar-refractivity contribution in [1.29, 1.82) is 5.26 Å². The number of para-hydroxylation sites is 1. The molecule has 49 heavy (non-hydrogen) atoms. The zero-order valence-corrected chi connectivity index (χ0v) is 32.0. The van der Waals surface area contributed by atoms with Gasteiger partial charge < -0.3 is 9.47 Å². The number of carbonyl (C=O) groups is 3. The zero-order valence-electron chi connectivity index (χ0n) is 28.1. The predicted octanol–water partition coefficient (Wildman–Crippen LogP) is 9.26. The summed E-state index contributed by atoms with van der Waals surface area (Å²) in [6, 6.07) is 18.3. The standard InChI is InChI=1S/C22H19Cl2NO3.C10H18N4O4S3/c1-22(2)17(12-19(23)24)20(22)21(26)28-18(13-25)14-7-6-10-16(11-14)27-15-8-4-3-5-9-15;1-7(19-5)11-17-9(15)13(3)21-14(4)10(16)18-12-8(2)20-6/h3-12,17-18,20H,1-2H3;1-6H3/b;11-7-,12-8-/t17-,18?,20-;/m0./s1. The van der Waals surface area contributed by atoms with Crippen molar-refractivity contribution in [1.82, 2.24) is 8.61 Å². The second-order valence-corrected chi connectivity index (χ2v) is 14.9. The third-order valence-electron chi connectivity index (χ3n) is 6.82. The highest BCUT2D eigenvalue weighted by Gasteiger charge is 2.62. The number of hydrogen-bond acceptors (Lipinski definition) is 13. The minimum absolute atomic E-state index is 0.114. The molecule has 0 aromatic heterocycles. The van der Waals surface area contributed by atoms with Gasteiger partial charge in [-0.1, -0.05) is 77.7 Å². The van der Waals surface area contributed by atoms with E-state index in [-0.39, 0.29) is 21.7 Å². The first-order valence-corrected chi connectivity index (χ1v) is 18.3. The summed E-state index contributed by atoms with van der Waals surface area (Å²) < 4.78 is 13.6. The van der Waals surface area contributed by atoms with E-state index >= 15 is 0 Å². The highest BCUT2D eigenvalue weighted by atomic mass is 35.5. The van der Waals surface area contributed by atoms with Crippen molar-refractivity contribution in [2.24, 2.45) is 27.6 Å². The molecule has 3 rings (SSSR count). The Labute approximate surface area is 309 Å². The maximum Gasteiger partial charge on any atom is 0.447 e. The number of oxime groups is 2. The molecule has 2 amide bonds. The molecule has 12 nitrogen and oxygen atoms in total. The molecule has 2 aromatic carbocycles. The fraction of sp³-hybridized carbons (Fsp3) is 0.375. The van der Waals surface area contributed by atoms with Crippen LogP contribution in [0.2, 0.25) is 0 Å². The first-order valence-electron chi connectivity index (χ1n) is 14.3. The lowest BCUT2D eigenvalue weighted by molar-refractivity contribution is -0.149. The molecule has 2 aromatic rings. The highest BCUT2D eigenvalue weighted by molar-refractivity contribution is 8.13. The first kappa shape index (κ1) is 41.6. The number of thioether (sulfide) groups is 2. The minimum Gasteiger partial charge on any atom is -0.457 e. The molecular formula is C32H37Cl2N5O7S3. The number of benzene rings is 2. The Morgan fingerprint density at radius 1 is 0.918 bits per heavy atom. The van der Waals surface area contributed by atoms with Crippen LogP contribution in [0.1, 0.15) is 39.4 Å². The van der Waals surface area contributed by atoms with Crippen molar-refractivity contribution >= 4 is 87.1 Å². The predicted molar refractivity (Wildman–Crippen MR) is 197 cm³/mol. The maximum absolute atomic E-state index is 12.6. The van der Waals surface area contributed by atoms with E-state index in [1.54, 1.807) is 44.2 Å². The molecule has 0 heterocycles. The van der Waals surface area contributed by atoms with Crippen LogP contribution in [0, 0.1) is 28.6 Å². The Bertz CT molecular complexity index is 1550. The zero-order chi connectivity index (χ0) is 36.7. The fourth-order valence-electron chi connectivity index (χ4n) is 3.95. The summed E-state index contributed by atoms with van der Waals surface area (Å²) in [5.41, 5.74) is 0.231. The summed E-state index contributed by atoms with van der Waals surface area (Å²) in [6.07, 6.45) is 2.82. The van der Waals surface area contributed by atoms with Gasteiger partial charge in [0.25, 0.3) is 0 Å². The van der Waals surface area contributed by atoms with Crippen LogP contribution in [0.3, 0.4) is 0 Å². The Balaban J connectivity index is 0.000000357. The molecule has 1 fully saturated rings. The molecule has 1 unspecified atom stereocenters.